The van der Waals surface area contributed by atoms with Crippen molar-refractivity contribution >= 4 is 29.1 Å². The maximum Gasteiger partial charge on any atom is 0.260 e. The number of amides is 1. The zero-order chi connectivity index (χ0) is 17.5. The van der Waals surface area contributed by atoms with Gasteiger partial charge >= 0.3 is 0 Å². The standard InChI is InChI=1S/C17H16Cl2FNO3/c1-11(24-15-7-6-12(18)10-13(15)19)17(22)21-8-9-23-16-5-3-2-4-14(16)20/h2-7,10-11H,8-9H2,1H3,(H,21,22). The molecule has 0 heterocycles. The van der Waals surface area contributed by atoms with E-state index < -0.39 is 11.9 Å². The van der Waals surface area contributed by atoms with Crippen LogP contribution in [-0.2, 0) is 4.79 Å². The number of ether oxygens (including phenoxy) is 2. The Kier molecular flexibility index (Phi) is 6.70. The van der Waals surface area contributed by atoms with Crippen molar-refractivity contribution < 1.29 is 18.7 Å². The van der Waals surface area contributed by atoms with E-state index in [0.29, 0.717) is 15.8 Å². The van der Waals surface area contributed by atoms with Crippen LogP contribution in [0.15, 0.2) is 42.5 Å². The molecular weight excluding hydrogens is 356 g/mol. The molecule has 0 saturated heterocycles. The topological polar surface area (TPSA) is 47.6 Å². The van der Waals surface area contributed by atoms with Crippen LogP contribution < -0.4 is 14.8 Å². The molecule has 2 aromatic rings. The van der Waals surface area contributed by atoms with Crippen molar-refractivity contribution in [1.29, 1.82) is 0 Å². The second-order valence-electron chi connectivity index (χ2n) is 4.90. The molecule has 0 aliphatic rings. The van der Waals surface area contributed by atoms with Crippen molar-refractivity contribution in [3.8, 4) is 11.5 Å². The second kappa shape index (κ2) is 8.76. The summed E-state index contributed by atoms with van der Waals surface area (Å²) in [6, 6.07) is 10.8. The lowest BCUT2D eigenvalue weighted by Crippen LogP contribution is -2.38. The van der Waals surface area contributed by atoms with Gasteiger partial charge in [-0.15, -0.1) is 0 Å². The van der Waals surface area contributed by atoms with Crippen molar-refractivity contribution in [2.24, 2.45) is 0 Å². The van der Waals surface area contributed by atoms with Crippen molar-refractivity contribution in [2.45, 2.75) is 13.0 Å². The van der Waals surface area contributed by atoms with Gasteiger partial charge in [0.1, 0.15) is 12.4 Å². The zero-order valence-corrected chi connectivity index (χ0v) is 14.4. The average molecular weight is 372 g/mol. The Morgan fingerprint density at radius 3 is 2.67 bits per heavy atom. The first kappa shape index (κ1) is 18.4. The molecule has 1 unspecified atom stereocenters. The van der Waals surface area contributed by atoms with E-state index in [0.717, 1.165) is 0 Å². The van der Waals surface area contributed by atoms with Crippen molar-refractivity contribution in [2.75, 3.05) is 13.2 Å². The molecule has 0 bridgehead atoms. The lowest BCUT2D eigenvalue weighted by Gasteiger charge is -2.16. The number of carbonyl (C=O) groups excluding carboxylic acids is 1. The summed E-state index contributed by atoms with van der Waals surface area (Å²) in [7, 11) is 0. The summed E-state index contributed by atoms with van der Waals surface area (Å²) in [5.41, 5.74) is 0. The zero-order valence-electron chi connectivity index (χ0n) is 12.9. The predicted octanol–water partition coefficient (Wildman–Crippen LogP) is 4.10. The van der Waals surface area contributed by atoms with Crippen LogP contribution in [0.25, 0.3) is 0 Å². The van der Waals surface area contributed by atoms with E-state index in [9.17, 15) is 9.18 Å². The molecule has 4 nitrogen and oxygen atoms in total. The third-order valence-corrected chi connectivity index (χ3v) is 3.59. The van der Waals surface area contributed by atoms with Gasteiger partial charge in [0.25, 0.3) is 5.91 Å². The summed E-state index contributed by atoms with van der Waals surface area (Å²) >= 11 is 11.8. The molecular formula is C17H16Cl2FNO3. The smallest absolute Gasteiger partial charge is 0.260 e. The van der Waals surface area contributed by atoms with Crippen LogP contribution in [0, 0.1) is 5.82 Å². The van der Waals surface area contributed by atoms with Gasteiger partial charge in [-0.3, -0.25) is 4.79 Å². The van der Waals surface area contributed by atoms with E-state index in [4.69, 9.17) is 32.7 Å². The molecule has 1 atom stereocenters. The van der Waals surface area contributed by atoms with Crippen LogP contribution in [0.3, 0.4) is 0 Å². The Balaban J connectivity index is 1.76. The predicted molar refractivity (Wildman–Crippen MR) is 91.5 cm³/mol. The minimum atomic E-state index is -0.753. The number of halogens is 3. The van der Waals surface area contributed by atoms with Gasteiger partial charge in [-0.25, -0.2) is 4.39 Å². The van der Waals surface area contributed by atoms with E-state index in [1.54, 1.807) is 31.2 Å². The summed E-state index contributed by atoms with van der Waals surface area (Å²) in [4.78, 5) is 12.0. The van der Waals surface area contributed by atoms with E-state index in [2.05, 4.69) is 5.32 Å². The van der Waals surface area contributed by atoms with Crippen molar-refractivity contribution in [3.63, 3.8) is 0 Å². The van der Waals surface area contributed by atoms with Crippen molar-refractivity contribution in [1.82, 2.24) is 5.32 Å². The number of rotatable bonds is 7. The normalized spacial score (nSPS) is 11.7. The number of nitrogens with one attached hydrogen (secondary N) is 1. The summed E-state index contributed by atoms with van der Waals surface area (Å²) in [5.74, 6) is -0.272. The number of hydrogen-bond acceptors (Lipinski definition) is 3. The van der Waals surface area contributed by atoms with Gasteiger partial charge in [0.05, 0.1) is 11.6 Å². The highest BCUT2D eigenvalue weighted by Crippen LogP contribution is 2.28. The summed E-state index contributed by atoms with van der Waals surface area (Å²) in [5, 5.41) is 3.45. The van der Waals surface area contributed by atoms with Gasteiger partial charge < -0.3 is 14.8 Å². The van der Waals surface area contributed by atoms with Crippen LogP contribution in [-0.4, -0.2) is 25.2 Å². The third-order valence-electron chi connectivity index (χ3n) is 3.06. The Hall–Kier alpha value is -1.98. The van der Waals surface area contributed by atoms with Gasteiger partial charge in [-0.2, -0.15) is 0 Å². The lowest BCUT2D eigenvalue weighted by molar-refractivity contribution is -0.127. The molecule has 0 fully saturated rings. The fourth-order valence-corrected chi connectivity index (χ4v) is 2.31. The molecule has 24 heavy (non-hydrogen) atoms. The minimum Gasteiger partial charge on any atom is -0.489 e. The first-order valence-corrected chi connectivity index (χ1v) is 7.99. The van der Waals surface area contributed by atoms with Gasteiger partial charge in [-0.05, 0) is 37.3 Å². The Labute approximate surface area is 149 Å². The Morgan fingerprint density at radius 2 is 1.96 bits per heavy atom. The molecule has 0 aliphatic carbocycles. The summed E-state index contributed by atoms with van der Waals surface area (Å²) < 4.78 is 24.1. The van der Waals surface area contributed by atoms with Crippen LogP contribution in [0.5, 0.6) is 11.5 Å². The molecule has 0 spiro atoms. The molecule has 7 heteroatoms. The lowest BCUT2D eigenvalue weighted by atomic mass is 10.3. The van der Waals surface area contributed by atoms with Gasteiger partial charge in [0, 0.05) is 5.02 Å². The van der Waals surface area contributed by atoms with E-state index in [1.165, 1.54) is 18.2 Å². The Bertz CT molecular complexity index is 712. The molecule has 0 radical (unpaired) electrons. The second-order valence-corrected chi connectivity index (χ2v) is 5.75. The maximum absolute atomic E-state index is 13.4. The highest BCUT2D eigenvalue weighted by Gasteiger charge is 2.16. The highest BCUT2D eigenvalue weighted by molar-refractivity contribution is 6.35. The molecule has 1 N–H and O–H groups in total. The van der Waals surface area contributed by atoms with E-state index in [1.807, 2.05) is 0 Å². The highest BCUT2D eigenvalue weighted by atomic mass is 35.5. The number of carbonyl (C=O) groups is 1. The summed E-state index contributed by atoms with van der Waals surface area (Å²) in [6.07, 6.45) is -0.753. The SMILES string of the molecule is CC(Oc1ccc(Cl)cc1Cl)C(=O)NCCOc1ccccc1F. The average Bonchev–Trinajstić information content (AvgIpc) is 2.55. The molecule has 128 valence electrons. The van der Waals surface area contributed by atoms with Crippen molar-refractivity contribution in [3.05, 3.63) is 58.3 Å². The summed E-state index contributed by atoms with van der Waals surface area (Å²) in [6.45, 7) is 1.95. The van der Waals surface area contributed by atoms with Crippen LogP contribution >= 0.6 is 23.2 Å². The third kappa shape index (κ3) is 5.28. The van der Waals surface area contributed by atoms with Gasteiger partial charge in [-0.1, -0.05) is 35.3 Å². The molecule has 2 rings (SSSR count). The Morgan fingerprint density at radius 1 is 1.21 bits per heavy atom. The van der Waals surface area contributed by atoms with Crippen LogP contribution in [0.2, 0.25) is 10.0 Å². The number of benzene rings is 2. The minimum absolute atomic E-state index is 0.140. The van der Waals surface area contributed by atoms with Crippen LogP contribution in [0.4, 0.5) is 4.39 Å². The molecule has 0 aromatic heterocycles. The molecule has 0 saturated carbocycles. The number of hydrogen-bond donors (Lipinski definition) is 1. The quantitative estimate of drug-likeness (QED) is 0.745. The monoisotopic (exact) mass is 371 g/mol. The van der Waals surface area contributed by atoms with Gasteiger partial charge in [0.2, 0.25) is 0 Å². The first-order chi connectivity index (χ1) is 11.5. The molecule has 1 amide bonds. The van der Waals surface area contributed by atoms with E-state index in [-0.39, 0.29) is 24.8 Å². The first-order valence-electron chi connectivity index (χ1n) is 7.24. The molecule has 2 aromatic carbocycles. The molecule has 0 aliphatic heterocycles. The number of para-hydroxylation sites is 1. The van der Waals surface area contributed by atoms with Crippen LogP contribution in [0.1, 0.15) is 6.92 Å². The maximum atomic E-state index is 13.4. The largest absolute Gasteiger partial charge is 0.489 e. The van der Waals surface area contributed by atoms with E-state index >= 15 is 0 Å². The fraction of sp³-hybridized carbons (Fsp3) is 0.235. The fourth-order valence-electron chi connectivity index (χ4n) is 1.86. The van der Waals surface area contributed by atoms with Gasteiger partial charge in [0.15, 0.2) is 17.7 Å².